The molecule has 0 aliphatic carbocycles. The molecule has 25 heavy (non-hydrogen) atoms. The van der Waals surface area contributed by atoms with Crippen molar-refractivity contribution in [2.75, 3.05) is 0 Å². The van der Waals surface area contributed by atoms with Gasteiger partial charge in [-0.05, 0) is 37.6 Å². The van der Waals surface area contributed by atoms with E-state index in [0.29, 0.717) is 5.56 Å². The summed E-state index contributed by atoms with van der Waals surface area (Å²) in [4.78, 5) is 16.4. The summed E-state index contributed by atoms with van der Waals surface area (Å²) >= 11 is 0. The second kappa shape index (κ2) is 6.02. The van der Waals surface area contributed by atoms with Crippen molar-refractivity contribution >= 4 is 17.2 Å². The molecule has 0 spiro atoms. The lowest BCUT2D eigenvalue weighted by Crippen LogP contribution is -2.05. The molecule has 0 fully saturated rings. The third kappa shape index (κ3) is 2.74. The number of ether oxygens (including phenoxy) is 1. The number of para-hydroxylation sites is 3. The topological polar surface area (TPSA) is 38.7 Å². The first-order valence-electron chi connectivity index (χ1n) is 8.20. The van der Waals surface area contributed by atoms with E-state index in [1.807, 2.05) is 73.7 Å². The monoisotopic (exact) mass is 327 g/mol. The van der Waals surface area contributed by atoms with Gasteiger partial charge in [0.15, 0.2) is 11.5 Å². The Kier molecular flexibility index (Phi) is 3.69. The predicted molar refractivity (Wildman–Crippen MR) is 99.4 cm³/mol. The largest absolute Gasteiger partial charge is 0.454 e. The Morgan fingerprint density at radius 3 is 2.44 bits per heavy atom. The van der Waals surface area contributed by atoms with Crippen LogP contribution in [0.15, 0.2) is 71.7 Å². The third-order valence-electron chi connectivity index (χ3n) is 4.34. The number of ketones is 1. The Morgan fingerprint density at radius 2 is 1.68 bits per heavy atom. The number of hydrogen-bond donors (Lipinski definition) is 0. The van der Waals surface area contributed by atoms with Crippen LogP contribution in [-0.4, -0.2) is 11.5 Å². The first kappa shape index (κ1) is 15.3. The van der Waals surface area contributed by atoms with Crippen LogP contribution in [0.2, 0.25) is 0 Å². The van der Waals surface area contributed by atoms with E-state index in [1.54, 1.807) is 6.92 Å². The van der Waals surface area contributed by atoms with E-state index in [9.17, 15) is 4.79 Å². The molecule has 3 heteroatoms. The third-order valence-corrected chi connectivity index (χ3v) is 4.34. The molecule has 0 N–H and O–H groups in total. The van der Waals surface area contributed by atoms with E-state index >= 15 is 0 Å². The predicted octanol–water partition coefficient (Wildman–Crippen LogP) is 5.47. The number of aliphatic imine (C=N–C) groups is 1. The molecule has 1 aliphatic rings. The summed E-state index contributed by atoms with van der Waals surface area (Å²) in [6.07, 6.45) is 0. The van der Waals surface area contributed by atoms with Gasteiger partial charge < -0.3 is 4.74 Å². The molecule has 0 amide bonds. The van der Waals surface area contributed by atoms with Crippen molar-refractivity contribution in [3.05, 3.63) is 89.0 Å². The van der Waals surface area contributed by atoms with Crippen LogP contribution in [0, 0.1) is 6.92 Å². The van der Waals surface area contributed by atoms with Gasteiger partial charge in [-0.2, -0.15) is 0 Å². The van der Waals surface area contributed by atoms with Crippen LogP contribution in [0.4, 0.5) is 5.69 Å². The van der Waals surface area contributed by atoms with Crippen molar-refractivity contribution in [1.82, 2.24) is 0 Å². The molecule has 0 unspecified atom stereocenters. The molecule has 0 bridgehead atoms. The molecule has 3 aromatic rings. The zero-order chi connectivity index (χ0) is 17.4. The minimum absolute atomic E-state index is 0.0549. The fourth-order valence-corrected chi connectivity index (χ4v) is 2.98. The molecule has 4 rings (SSSR count). The smallest absolute Gasteiger partial charge is 0.159 e. The first-order chi connectivity index (χ1) is 12.1. The maximum Gasteiger partial charge on any atom is 0.159 e. The van der Waals surface area contributed by atoms with E-state index in [0.717, 1.165) is 39.6 Å². The van der Waals surface area contributed by atoms with Crippen LogP contribution >= 0.6 is 0 Å². The fourth-order valence-electron chi connectivity index (χ4n) is 2.98. The van der Waals surface area contributed by atoms with E-state index in [-0.39, 0.29) is 5.78 Å². The van der Waals surface area contributed by atoms with Crippen LogP contribution in [0.1, 0.15) is 34.0 Å². The van der Waals surface area contributed by atoms with E-state index in [4.69, 9.17) is 9.73 Å². The number of nitrogens with zero attached hydrogens (tertiary/aromatic N) is 1. The average Bonchev–Trinajstić information content (AvgIpc) is 2.80. The number of benzene rings is 3. The molecule has 122 valence electrons. The maximum atomic E-state index is 11.5. The number of aryl methyl sites for hydroxylation is 1. The summed E-state index contributed by atoms with van der Waals surface area (Å²) in [7, 11) is 0. The zero-order valence-corrected chi connectivity index (χ0v) is 14.1. The van der Waals surface area contributed by atoms with Crippen molar-refractivity contribution < 1.29 is 9.53 Å². The summed E-state index contributed by atoms with van der Waals surface area (Å²) in [5, 5.41) is 0. The van der Waals surface area contributed by atoms with Gasteiger partial charge in [0.25, 0.3) is 0 Å². The molecule has 1 aliphatic heterocycles. The Hall–Kier alpha value is -3.20. The van der Waals surface area contributed by atoms with Gasteiger partial charge in [-0.1, -0.05) is 48.5 Å². The highest BCUT2D eigenvalue weighted by Crippen LogP contribution is 2.40. The van der Waals surface area contributed by atoms with Crippen molar-refractivity contribution in [1.29, 1.82) is 0 Å². The Morgan fingerprint density at radius 1 is 0.920 bits per heavy atom. The van der Waals surface area contributed by atoms with Crippen LogP contribution in [0.3, 0.4) is 0 Å². The van der Waals surface area contributed by atoms with Gasteiger partial charge in [0, 0.05) is 16.7 Å². The number of carbonyl (C=O) groups is 1. The normalized spacial score (nSPS) is 12.3. The molecular formula is C22H17NO2. The Bertz CT molecular complexity index is 1000. The second-order valence-corrected chi connectivity index (χ2v) is 6.12. The highest BCUT2D eigenvalue weighted by molar-refractivity contribution is 6.16. The lowest BCUT2D eigenvalue weighted by atomic mass is 9.98. The number of fused-ring (bicyclic) bond motifs is 2. The Labute approximate surface area is 146 Å². The van der Waals surface area contributed by atoms with Crippen LogP contribution in [-0.2, 0) is 0 Å². The van der Waals surface area contributed by atoms with Crippen LogP contribution in [0.5, 0.6) is 11.5 Å². The van der Waals surface area contributed by atoms with E-state index in [1.165, 1.54) is 0 Å². The van der Waals surface area contributed by atoms with Gasteiger partial charge in [-0.15, -0.1) is 0 Å². The van der Waals surface area contributed by atoms with Gasteiger partial charge in [-0.25, -0.2) is 4.99 Å². The van der Waals surface area contributed by atoms with E-state index < -0.39 is 0 Å². The highest BCUT2D eigenvalue weighted by atomic mass is 16.5. The number of rotatable bonds is 2. The average molecular weight is 327 g/mol. The van der Waals surface area contributed by atoms with Gasteiger partial charge in [0.1, 0.15) is 11.4 Å². The second-order valence-electron chi connectivity index (χ2n) is 6.12. The van der Waals surface area contributed by atoms with Crippen molar-refractivity contribution in [2.45, 2.75) is 13.8 Å². The molecule has 3 nitrogen and oxygen atoms in total. The molecule has 0 atom stereocenters. The van der Waals surface area contributed by atoms with Gasteiger partial charge >= 0.3 is 0 Å². The molecule has 0 saturated carbocycles. The Balaban J connectivity index is 1.94. The van der Waals surface area contributed by atoms with Crippen molar-refractivity contribution in [3.63, 3.8) is 0 Å². The number of Topliss-reactive ketones (excluding diaryl/α,β-unsaturated/α-hetero) is 1. The zero-order valence-electron chi connectivity index (χ0n) is 14.1. The molecule has 1 heterocycles. The standard InChI is InChI=1S/C22H17NO2/c1-14-6-5-7-18-21(17-12-10-16(11-13-17)15(2)24)23-19-8-3-4-9-20(19)25-22(14)18/h3-13H,1-2H3. The highest BCUT2D eigenvalue weighted by Gasteiger charge is 2.20. The van der Waals surface area contributed by atoms with E-state index in [2.05, 4.69) is 0 Å². The molecule has 0 saturated heterocycles. The minimum atomic E-state index is 0.0549. The van der Waals surface area contributed by atoms with Gasteiger partial charge in [0.2, 0.25) is 0 Å². The van der Waals surface area contributed by atoms with Crippen molar-refractivity contribution in [3.8, 4) is 11.5 Å². The maximum absolute atomic E-state index is 11.5. The molecule has 0 radical (unpaired) electrons. The minimum Gasteiger partial charge on any atom is -0.454 e. The summed E-state index contributed by atoms with van der Waals surface area (Å²) in [5.41, 5.74) is 5.30. The van der Waals surface area contributed by atoms with Crippen LogP contribution < -0.4 is 4.74 Å². The van der Waals surface area contributed by atoms with Gasteiger partial charge in [0.05, 0.1) is 5.71 Å². The molecule has 0 aromatic heterocycles. The fraction of sp³-hybridized carbons (Fsp3) is 0.0909. The summed E-state index contributed by atoms with van der Waals surface area (Å²) in [6.45, 7) is 3.60. The lowest BCUT2D eigenvalue weighted by Gasteiger charge is -2.12. The molecule has 3 aromatic carbocycles. The summed E-state index contributed by atoms with van der Waals surface area (Å²) in [5.74, 6) is 1.62. The number of hydrogen-bond acceptors (Lipinski definition) is 3. The summed E-state index contributed by atoms with van der Waals surface area (Å²) in [6, 6.07) is 21.4. The summed E-state index contributed by atoms with van der Waals surface area (Å²) < 4.78 is 6.18. The van der Waals surface area contributed by atoms with Crippen molar-refractivity contribution in [2.24, 2.45) is 4.99 Å². The first-order valence-corrected chi connectivity index (χ1v) is 8.20. The van der Waals surface area contributed by atoms with Crippen LogP contribution in [0.25, 0.3) is 0 Å². The SMILES string of the molecule is CC(=O)c1ccc(C2=Nc3ccccc3Oc3c(C)cccc32)cc1. The number of carbonyl (C=O) groups excluding carboxylic acids is 1. The lowest BCUT2D eigenvalue weighted by molar-refractivity contribution is 0.101. The quantitative estimate of drug-likeness (QED) is 0.458. The molecular weight excluding hydrogens is 310 g/mol. The van der Waals surface area contributed by atoms with Gasteiger partial charge in [-0.3, -0.25) is 4.79 Å².